The Labute approximate surface area is 132 Å². The largest absolute Gasteiger partial charge is 0.466 e. The van der Waals surface area contributed by atoms with Crippen molar-refractivity contribution in [2.75, 3.05) is 6.61 Å². The van der Waals surface area contributed by atoms with Gasteiger partial charge in [-0.15, -0.1) is 0 Å². The Kier molecular flexibility index (Phi) is 4.23. The van der Waals surface area contributed by atoms with E-state index in [-0.39, 0.29) is 11.9 Å². The maximum absolute atomic E-state index is 11.8. The van der Waals surface area contributed by atoms with Crippen LogP contribution in [0, 0.1) is 0 Å². The van der Waals surface area contributed by atoms with Crippen LogP contribution in [0.4, 0.5) is 0 Å². The first kappa shape index (κ1) is 15.1. The number of carbonyl (C=O) groups excluding carboxylic acids is 1. The van der Waals surface area contributed by atoms with E-state index in [1.165, 1.54) is 27.7 Å². The van der Waals surface area contributed by atoms with E-state index in [4.69, 9.17) is 4.74 Å². The van der Waals surface area contributed by atoms with Gasteiger partial charge in [0.2, 0.25) is 0 Å². The Balaban J connectivity index is 1.97. The van der Waals surface area contributed by atoms with Crippen molar-refractivity contribution in [1.29, 1.82) is 0 Å². The Morgan fingerprint density at radius 3 is 2.95 bits per heavy atom. The number of fused-ring (bicyclic) bond motifs is 3. The lowest BCUT2D eigenvalue weighted by atomic mass is 9.84. The Morgan fingerprint density at radius 2 is 2.23 bits per heavy atom. The third kappa shape index (κ3) is 2.77. The summed E-state index contributed by atoms with van der Waals surface area (Å²) in [6.45, 7) is 6.77. The van der Waals surface area contributed by atoms with Crippen LogP contribution in [0.15, 0.2) is 18.2 Å². The summed E-state index contributed by atoms with van der Waals surface area (Å²) in [6, 6.07) is 6.71. The molecule has 1 N–H and O–H groups in total. The van der Waals surface area contributed by atoms with Gasteiger partial charge in [0.05, 0.1) is 13.0 Å². The van der Waals surface area contributed by atoms with Crippen LogP contribution in [0.25, 0.3) is 10.9 Å². The monoisotopic (exact) mass is 299 g/mol. The molecule has 0 aliphatic heterocycles. The van der Waals surface area contributed by atoms with Crippen molar-refractivity contribution in [2.45, 2.75) is 58.3 Å². The number of rotatable bonds is 4. The van der Waals surface area contributed by atoms with E-state index in [1.54, 1.807) is 0 Å². The Morgan fingerprint density at radius 1 is 1.41 bits per heavy atom. The molecule has 1 aromatic heterocycles. The molecule has 0 amide bonds. The molecule has 1 heterocycles. The molecule has 1 aromatic carbocycles. The van der Waals surface area contributed by atoms with Crippen LogP contribution in [0.5, 0.6) is 0 Å². The van der Waals surface area contributed by atoms with Gasteiger partial charge in [0.15, 0.2) is 0 Å². The smallest absolute Gasteiger partial charge is 0.306 e. The number of aryl methyl sites for hydroxylation is 1. The number of aromatic amines is 1. The van der Waals surface area contributed by atoms with Crippen LogP contribution >= 0.6 is 0 Å². The van der Waals surface area contributed by atoms with Crippen LogP contribution in [-0.4, -0.2) is 17.6 Å². The minimum atomic E-state index is -0.0816. The van der Waals surface area contributed by atoms with Gasteiger partial charge < -0.3 is 9.72 Å². The topological polar surface area (TPSA) is 42.1 Å². The average Bonchev–Trinajstić information content (AvgIpc) is 2.86. The summed E-state index contributed by atoms with van der Waals surface area (Å²) >= 11 is 0. The van der Waals surface area contributed by atoms with Crippen LogP contribution in [-0.2, 0) is 16.0 Å². The highest BCUT2D eigenvalue weighted by Crippen LogP contribution is 2.38. The van der Waals surface area contributed by atoms with Gasteiger partial charge in [0.1, 0.15) is 0 Å². The first-order valence-corrected chi connectivity index (χ1v) is 8.40. The molecule has 1 aliphatic carbocycles. The number of aromatic nitrogens is 1. The second-order valence-electron chi connectivity index (χ2n) is 6.58. The van der Waals surface area contributed by atoms with E-state index in [1.807, 2.05) is 6.92 Å². The van der Waals surface area contributed by atoms with Crippen molar-refractivity contribution in [3.8, 4) is 0 Å². The molecule has 2 aromatic rings. The molecule has 0 bridgehead atoms. The van der Waals surface area contributed by atoms with Crippen molar-refractivity contribution in [2.24, 2.45) is 0 Å². The fourth-order valence-electron chi connectivity index (χ4n) is 3.56. The summed E-state index contributed by atoms with van der Waals surface area (Å²) < 4.78 is 5.13. The molecule has 1 atom stereocenters. The van der Waals surface area contributed by atoms with E-state index in [0.717, 1.165) is 19.3 Å². The fourth-order valence-corrected chi connectivity index (χ4v) is 3.56. The first-order chi connectivity index (χ1) is 10.6. The summed E-state index contributed by atoms with van der Waals surface area (Å²) in [5.41, 5.74) is 5.25. The third-order valence-electron chi connectivity index (χ3n) is 4.74. The van der Waals surface area contributed by atoms with Gasteiger partial charge >= 0.3 is 5.97 Å². The zero-order valence-corrected chi connectivity index (χ0v) is 13.7. The van der Waals surface area contributed by atoms with Gasteiger partial charge in [-0.3, -0.25) is 4.79 Å². The first-order valence-electron chi connectivity index (χ1n) is 8.40. The molecule has 3 nitrogen and oxygen atoms in total. The van der Waals surface area contributed by atoms with Crippen LogP contribution < -0.4 is 0 Å². The minimum Gasteiger partial charge on any atom is -0.466 e. The summed E-state index contributed by atoms with van der Waals surface area (Å²) in [4.78, 5) is 15.4. The van der Waals surface area contributed by atoms with Crippen molar-refractivity contribution in [3.05, 3.63) is 35.0 Å². The number of H-pyrrole nitrogens is 1. The zero-order chi connectivity index (χ0) is 15.7. The lowest BCUT2D eigenvalue weighted by Gasteiger charge is -2.21. The predicted octanol–water partition coefficient (Wildman–Crippen LogP) is 4.66. The molecule has 3 rings (SSSR count). The fraction of sp³-hybridized carbons (Fsp3) is 0.526. The summed E-state index contributed by atoms with van der Waals surface area (Å²) in [7, 11) is 0. The highest BCUT2D eigenvalue weighted by molar-refractivity contribution is 5.86. The van der Waals surface area contributed by atoms with E-state index >= 15 is 0 Å². The molecule has 0 radical (unpaired) electrons. The second kappa shape index (κ2) is 6.15. The van der Waals surface area contributed by atoms with Gasteiger partial charge in [0.25, 0.3) is 0 Å². The third-order valence-corrected chi connectivity index (χ3v) is 4.74. The summed E-state index contributed by atoms with van der Waals surface area (Å²) in [6.07, 6.45) is 3.81. The van der Waals surface area contributed by atoms with Gasteiger partial charge in [-0.05, 0) is 55.4 Å². The molecule has 1 unspecified atom stereocenters. The molecule has 0 saturated carbocycles. The van der Waals surface area contributed by atoms with Gasteiger partial charge in [-0.2, -0.15) is 0 Å². The maximum atomic E-state index is 11.8. The molecule has 118 valence electrons. The highest BCUT2D eigenvalue weighted by Gasteiger charge is 2.26. The van der Waals surface area contributed by atoms with E-state index in [0.29, 0.717) is 18.9 Å². The van der Waals surface area contributed by atoms with Gasteiger partial charge in [-0.1, -0.05) is 19.9 Å². The number of ether oxygens (including phenoxy) is 1. The number of hydrogen-bond donors (Lipinski definition) is 1. The van der Waals surface area contributed by atoms with Crippen molar-refractivity contribution < 1.29 is 9.53 Å². The van der Waals surface area contributed by atoms with Crippen molar-refractivity contribution in [3.63, 3.8) is 0 Å². The van der Waals surface area contributed by atoms with E-state index in [2.05, 4.69) is 37.0 Å². The molecule has 1 aliphatic rings. The maximum Gasteiger partial charge on any atom is 0.306 e. The standard InChI is InChI=1S/C19H25NO2/c1-4-22-18(21)11-14-6-5-7-15-16-10-13(12(2)3)8-9-17(16)20-19(14)15/h8-10,12,14,20H,4-7,11H2,1-3H3. The molecule has 0 saturated heterocycles. The Bertz CT molecular complexity index is 684. The Hall–Kier alpha value is -1.77. The van der Waals surface area contributed by atoms with Gasteiger partial charge in [-0.25, -0.2) is 0 Å². The SMILES string of the molecule is CCOC(=O)CC1CCCc2c1[nH]c1ccc(C(C)C)cc21. The summed E-state index contributed by atoms with van der Waals surface area (Å²) in [5, 5.41) is 1.34. The van der Waals surface area contributed by atoms with E-state index in [9.17, 15) is 4.79 Å². The van der Waals surface area contributed by atoms with Crippen molar-refractivity contribution in [1.82, 2.24) is 4.98 Å². The average molecular weight is 299 g/mol. The molecule has 3 heteroatoms. The molecule has 22 heavy (non-hydrogen) atoms. The number of benzene rings is 1. The molecular formula is C19H25NO2. The lowest BCUT2D eigenvalue weighted by molar-refractivity contribution is -0.143. The normalized spacial score (nSPS) is 17.7. The second-order valence-corrected chi connectivity index (χ2v) is 6.58. The number of carbonyl (C=O) groups is 1. The molecule has 0 fully saturated rings. The molecular weight excluding hydrogens is 274 g/mol. The quantitative estimate of drug-likeness (QED) is 0.834. The predicted molar refractivity (Wildman–Crippen MR) is 89.3 cm³/mol. The number of hydrogen-bond acceptors (Lipinski definition) is 2. The number of nitrogens with one attached hydrogen (secondary N) is 1. The minimum absolute atomic E-state index is 0.0816. The lowest BCUT2D eigenvalue weighted by Crippen LogP contribution is -2.15. The van der Waals surface area contributed by atoms with Crippen LogP contribution in [0.2, 0.25) is 0 Å². The van der Waals surface area contributed by atoms with Crippen LogP contribution in [0.1, 0.15) is 68.7 Å². The highest BCUT2D eigenvalue weighted by atomic mass is 16.5. The van der Waals surface area contributed by atoms with Gasteiger partial charge in [0, 0.05) is 22.5 Å². The van der Waals surface area contributed by atoms with Crippen LogP contribution in [0.3, 0.4) is 0 Å². The summed E-state index contributed by atoms with van der Waals surface area (Å²) in [5.74, 6) is 0.730. The van der Waals surface area contributed by atoms with E-state index < -0.39 is 0 Å². The zero-order valence-electron chi connectivity index (χ0n) is 13.7. The molecule has 0 spiro atoms. The van der Waals surface area contributed by atoms with Crippen molar-refractivity contribution >= 4 is 16.9 Å². The number of esters is 1.